The number of rotatable bonds is 4. The van der Waals surface area contributed by atoms with Crippen LogP contribution in [-0.2, 0) is 12.7 Å². The molecule has 1 aromatic heterocycles. The van der Waals surface area contributed by atoms with E-state index in [4.69, 9.17) is 0 Å². The van der Waals surface area contributed by atoms with E-state index in [1.165, 1.54) is 16.8 Å². The van der Waals surface area contributed by atoms with E-state index in [9.17, 15) is 18.0 Å². The molecule has 0 bridgehead atoms. The monoisotopic (exact) mass is 336 g/mol. The van der Waals surface area contributed by atoms with Gasteiger partial charge in [-0.3, -0.25) is 9.48 Å². The first-order valence-corrected chi connectivity index (χ1v) is 8.45. The van der Waals surface area contributed by atoms with Crippen molar-refractivity contribution < 1.29 is 13.2 Å². The number of aromatic nitrogens is 2. The van der Waals surface area contributed by atoms with E-state index in [2.05, 4.69) is 0 Å². The van der Waals surface area contributed by atoms with Gasteiger partial charge in [-0.15, -0.1) is 0 Å². The highest BCUT2D eigenvalue weighted by atomic mass is 19.4. The summed E-state index contributed by atoms with van der Waals surface area (Å²) in [6, 6.07) is 5.35. The standard InChI is InChI=1S/C18H19F3N2O/c1-2-22-16(12-9-10-12)15(11-7-8-11)17(24)23(22)14-6-4-3-5-13(14)18(19,20)21/h3-6,11-12H,2,7-10H2,1H3. The van der Waals surface area contributed by atoms with Crippen LogP contribution in [0, 0.1) is 0 Å². The van der Waals surface area contributed by atoms with Crippen molar-refractivity contribution in [2.75, 3.05) is 0 Å². The lowest BCUT2D eigenvalue weighted by Gasteiger charge is -2.17. The first-order chi connectivity index (χ1) is 11.4. The number of hydrogen-bond donors (Lipinski definition) is 0. The summed E-state index contributed by atoms with van der Waals surface area (Å²) in [7, 11) is 0. The Morgan fingerprint density at radius 3 is 2.25 bits per heavy atom. The fourth-order valence-corrected chi connectivity index (χ4v) is 3.57. The Labute approximate surface area is 137 Å². The van der Waals surface area contributed by atoms with Gasteiger partial charge in [-0.25, -0.2) is 4.68 Å². The molecule has 4 rings (SSSR count). The molecule has 0 spiro atoms. The van der Waals surface area contributed by atoms with Crippen LogP contribution in [0.3, 0.4) is 0 Å². The lowest BCUT2D eigenvalue weighted by Crippen LogP contribution is -2.25. The second-order valence-electron chi connectivity index (χ2n) is 6.70. The molecule has 0 amide bonds. The Hall–Kier alpha value is -1.98. The van der Waals surface area contributed by atoms with Crippen LogP contribution < -0.4 is 5.56 Å². The average molecular weight is 336 g/mol. The van der Waals surface area contributed by atoms with Crippen molar-refractivity contribution in [3.8, 4) is 5.69 Å². The van der Waals surface area contributed by atoms with Crippen molar-refractivity contribution in [3.05, 3.63) is 51.4 Å². The van der Waals surface area contributed by atoms with Crippen LogP contribution in [0.15, 0.2) is 29.1 Å². The average Bonchev–Trinajstić information content (AvgIpc) is 3.43. The van der Waals surface area contributed by atoms with Gasteiger partial charge in [0.1, 0.15) is 0 Å². The van der Waals surface area contributed by atoms with Crippen LogP contribution in [0.2, 0.25) is 0 Å². The number of hydrogen-bond acceptors (Lipinski definition) is 1. The second-order valence-corrected chi connectivity index (χ2v) is 6.70. The summed E-state index contributed by atoms with van der Waals surface area (Å²) in [4.78, 5) is 13.0. The Morgan fingerprint density at radius 2 is 1.71 bits per heavy atom. The zero-order chi connectivity index (χ0) is 17.1. The summed E-state index contributed by atoms with van der Waals surface area (Å²) in [5.41, 5.74) is 0.644. The van der Waals surface area contributed by atoms with Crippen LogP contribution in [0.1, 0.15) is 61.3 Å². The van der Waals surface area contributed by atoms with E-state index in [0.29, 0.717) is 12.5 Å². The van der Waals surface area contributed by atoms with E-state index in [1.54, 1.807) is 10.7 Å². The Balaban J connectivity index is 2.00. The number of halogens is 3. The van der Waals surface area contributed by atoms with Gasteiger partial charge in [0.2, 0.25) is 0 Å². The van der Waals surface area contributed by atoms with Crippen LogP contribution in [0.5, 0.6) is 0 Å². The molecule has 24 heavy (non-hydrogen) atoms. The van der Waals surface area contributed by atoms with Crippen LogP contribution >= 0.6 is 0 Å². The molecule has 0 N–H and O–H groups in total. The molecule has 2 aromatic rings. The van der Waals surface area contributed by atoms with Crippen LogP contribution in [-0.4, -0.2) is 9.36 Å². The molecule has 2 fully saturated rings. The van der Waals surface area contributed by atoms with Crippen molar-refractivity contribution in [3.63, 3.8) is 0 Å². The maximum atomic E-state index is 13.4. The van der Waals surface area contributed by atoms with Crippen molar-refractivity contribution in [1.29, 1.82) is 0 Å². The Bertz CT molecular complexity index is 839. The smallest absolute Gasteiger partial charge is 0.282 e. The third kappa shape index (κ3) is 2.39. The van der Waals surface area contributed by atoms with Gasteiger partial charge in [-0.2, -0.15) is 13.2 Å². The SMILES string of the molecule is CCn1c(C2CC2)c(C2CC2)c(=O)n1-c1ccccc1C(F)(F)F. The molecule has 2 aliphatic carbocycles. The van der Waals surface area contributed by atoms with Gasteiger partial charge < -0.3 is 0 Å². The molecule has 0 radical (unpaired) electrons. The predicted octanol–water partition coefficient (Wildman–Crippen LogP) is 4.43. The highest BCUT2D eigenvalue weighted by Crippen LogP contribution is 2.48. The third-order valence-corrected chi connectivity index (χ3v) is 4.91. The highest BCUT2D eigenvalue weighted by Gasteiger charge is 2.41. The normalized spacial score (nSPS) is 18.2. The molecule has 0 unspecified atom stereocenters. The van der Waals surface area contributed by atoms with Crippen molar-refractivity contribution in [2.24, 2.45) is 0 Å². The molecule has 2 saturated carbocycles. The molecular weight excluding hydrogens is 317 g/mol. The van der Waals surface area contributed by atoms with E-state index in [0.717, 1.165) is 43.0 Å². The summed E-state index contributed by atoms with van der Waals surface area (Å²) in [5.74, 6) is 0.553. The van der Waals surface area contributed by atoms with Gasteiger partial charge in [-0.05, 0) is 50.7 Å². The molecular formula is C18H19F3N2O. The molecule has 0 aliphatic heterocycles. The molecule has 2 aliphatic rings. The molecule has 1 aromatic carbocycles. The maximum Gasteiger partial charge on any atom is 0.418 e. The summed E-state index contributed by atoms with van der Waals surface area (Å²) in [6.07, 6.45) is -0.528. The zero-order valence-electron chi connectivity index (χ0n) is 13.4. The largest absolute Gasteiger partial charge is 0.418 e. The molecule has 6 heteroatoms. The van der Waals surface area contributed by atoms with E-state index in [-0.39, 0.29) is 17.2 Å². The lowest BCUT2D eigenvalue weighted by atomic mass is 10.1. The van der Waals surface area contributed by atoms with Gasteiger partial charge in [0.15, 0.2) is 0 Å². The minimum atomic E-state index is -4.49. The summed E-state index contributed by atoms with van der Waals surface area (Å²) < 4.78 is 43.3. The first-order valence-electron chi connectivity index (χ1n) is 8.45. The predicted molar refractivity (Wildman–Crippen MR) is 84.7 cm³/mol. The summed E-state index contributed by atoms with van der Waals surface area (Å²) in [6.45, 7) is 2.37. The Kier molecular flexibility index (Phi) is 3.41. The van der Waals surface area contributed by atoms with Crippen molar-refractivity contribution in [1.82, 2.24) is 9.36 Å². The van der Waals surface area contributed by atoms with E-state index in [1.807, 2.05) is 6.92 Å². The summed E-state index contributed by atoms with van der Waals surface area (Å²) >= 11 is 0. The molecule has 128 valence electrons. The van der Waals surface area contributed by atoms with E-state index < -0.39 is 11.7 Å². The molecule has 1 heterocycles. The minimum Gasteiger partial charge on any atom is -0.282 e. The maximum absolute atomic E-state index is 13.4. The fourth-order valence-electron chi connectivity index (χ4n) is 3.57. The number of para-hydroxylation sites is 1. The quantitative estimate of drug-likeness (QED) is 0.811. The lowest BCUT2D eigenvalue weighted by molar-refractivity contribution is -0.137. The van der Waals surface area contributed by atoms with Gasteiger partial charge in [0.05, 0.1) is 11.3 Å². The highest BCUT2D eigenvalue weighted by molar-refractivity contribution is 5.45. The summed E-state index contributed by atoms with van der Waals surface area (Å²) in [5, 5.41) is 0. The van der Waals surface area contributed by atoms with Gasteiger partial charge >= 0.3 is 6.18 Å². The van der Waals surface area contributed by atoms with Gasteiger partial charge in [-0.1, -0.05) is 12.1 Å². The topological polar surface area (TPSA) is 26.9 Å². The second kappa shape index (κ2) is 5.26. The van der Waals surface area contributed by atoms with Crippen molar-refractivity contribution in [2.45, 2.75) is 57.2 Å². The number of benzene rings is 1. The first kappa shape index (κ1) is 15.5. The number of nitrogens with zero attached hydrogens (tertiary/aromatic N) is 2. The van der Waals surface area contributed by atoms with Gasteiger partial charge in [0.25, 0.3) is 5.56 Å². The van der Waals surface area contributed by atoms with Crippen molar-refractivity contribution >= 4 is 0 Å². The van der Waals surface area contributed by atoms with Gasteiger partial charge in [0, 0.05) is 23.7 Å². The minimum absolute atomic E-state index is 0.0642. The third-order valence-electron chi connectivity index (χ3n) is 4.91. The van der Waals surface area contributed by atoms with Crippen LogP contribution in [0.4, 0.5) is 13.2 Å². The molecule has 0 atom stereocenters. The molecule has 0 saturated heterocycles. The number of alkyl halides is 3. The fraction of sp³-hybridized carbons (Fsp3) is 0.500. The zero-order valence-corrected chi connectivity index (χ0v) is 13.4. The van der Waals surface area contributed by atoms with Crippen LogP contribution in [0.25, 0.3) is 5.69 Å². The van der Waals surface area contributed by atoms with E-state index >= 15 is 0 Å². The Morgan fingerprint density at radius 1 is 1.08 bits per heavy atom. The molecule has 3 nitrogen and oxygen atoms in total.